The molecule has 4 unspecified atom stereocenters. The van der Waals surface area contributed by atoms with Crippen LogP contribution in [0.1, 0.15) is 66.2 Å². The Labute approximate surface area is 112 Å². The molecule has 18 heavy (non-hydrogen) atoms. The van der Waals surface area contributed by atoms with Crippen molar-refractivity contribution in [3.8, 4) is 0 Å². The standard InChI is InChI=1S/C15H30N2O/c1-5-7-12(3)16-15(18)13(4)17-14-9-6-8-11(2)10-14/h11-14,17H,5-10H2,1-4H3,(H,16,18). The number of nitrogens with one attached hydrogen (secondary N) is 2. The lowest BCUT2D eigenvalue weighted by Crippen LogP contribution is -2.49. The molecule has 0 spiro atoms. The van der Waals surface area contributed by atoms with Gasteiger partial charge in [-0.3, -0.25) is 4.79 Å². The van der Waals surface area contributed by atoms with Gasteiger partial charge in [0.05, 0.1) is 6.04 Å². The minimum atomic E-state index is -0.0698. The molecule has 0 radical (unpaired) electrons. The Morgan fingerprint density at radius 1 is 1.33 bits per heavy atom. The molecule has 1 rings (SSSR count). The highest BCUT2D eigenvalue weighted by molar-refractivity contribution is 5.81. The predicted molar refractivity (Wildman–Crippen MR) is 76.5 cm³/mol. The first kappa shape index (κ1) is 15.5. The van der Waals surface area contributed by atoms with E-state index >= 15 is 0 Å². The van der Waals surface area contributed by atoms with E-state index in [1.54, 1.807) is 0 Å². The second kappa shape index (κ2) is 7.78. The van der Waals surface area contributed by atoms with Gasteiger partial charge in [0.1, 0.15) is 0 Å². The molecule has 1 aliphatic carbocycles. The zero-order valence-corrected chi connectivity index (χ0v) is 12.5. The highest BCUT2D eigenvalue weighted by Crippen LogP contribution is 2.23. The maximum Gasteiger partial charge on any atom is 0.237 e. The van der Waals surface area contributed by atoms with Gasteiger partial charge < -0.3 is 10.6 Å². The maximum absolute atomic E-state index is 12.0. The van der Waals surface area contributed by atoms with Gasteiger partial charge in [0, 0.05) is 12.1 Å². The van der Waals surface area contributed by atoms with E-state index in [4.69, 9.17) is 0 Å². The van der Waals surface area contributed by atoms with E-state index in [-0.39, 0.29) is 18.0 Å². The molecule has 1 fully saturated rings. The van der Waals surface area contributed by atoms with Crippen molar-refractivity contribution in [2.45, 2.75) is 84.3 Å². The van der Waals surface area contributed by atoms with Crippen LogP contribution >= 0.6 is 0 Å². The average molecular weight is 254 g/mol. The Morgan fingerprint density at radius 2 is 2.06 bits per heavy atom. The molecule has 1 amide bonds. The van der Waals surface area contributed by atoms with E-state index in [1.165, 1.54) is 25.7 Å². The first-order chi connectivity index (χ1) is 8.52. The van der Waals surface area contributed by atoms with E-state index in [9.17, 15) is 4.79 Å². The summed E-state index contributed by atoms with van der Waals surface area (Å²) in [5, 5.41) is 6.56. The lowest BCUT2D eigenvalue weighted by Gasteiger charge is -2.30. The van der Waals surface area contributed by atoms with Gasteiger partial charge in [0.2, 0.25) is 5.91 Å². The Bertz CT molecular complexity index is 255. The van der Waals surface area contributed by atoms with Gasteiger partial charge in [-0.1, -0.05) is 33.1 Å². The van der Waals surface area contributed by atoms with Crippen LogP contribution in [0.2, 0.25) is 0 Å². The van der Waals surface area contributed by atoms with Gasteiger partial charge in [0.15, 0.2) is 0 Å². The van der Waals surface area contributed by atoms with Crippen LogP contribution in [0, 0.1) is 5.92 Å². The molecule has 1 aliphatic rings. The third-order valence-electron chi connectivity index (χ3n) is 3.93. The summed E-state index contributed by atoms with van der Waals surface area (Å²) in [4.78, 5) is 12.0. The summed E-state index contributed by atoms with van der Waals surface area (Å²) >= 11 is 0. The van der Waals surface area contributed by atoms with Crippen LogP contribution in [0.15, 0.2) is 0 Å². The van der Waals surface area contributed by atoms with Gasteiger partial charge in [-0.05, 0) is 39.0 Å². The summed E-state index contributed by atoms with van der Waals surface area (Å²) in [6.07, 6.45) is 7.22. The van der Waals surface area contributed by atoms with E-state index in [2.05, 4.69) is 31.4 Å². The predicted octanol–water partition coefficient (Wildman–Crippen LogP) is 2.85. The molecule has 4 atom stereocenters. The molecule has 2 N–H and O–H groups in total. The number of rotatable bonds is 6. The third-order valence-corrected chi connectivity index (χ3v) is 3.93. The largest absolute Gasteiger partial charge is 0.352 e. The molecule has 3 heteroatoms. The second-order valence-electron chi connectivity index (χ2n) is 6.06. The van der Waals surface area contributed by atoms with Crippen LogP contribution in [0.25, 0.3) is 0 Å². The molecule has 0 aromatic carbocycles. The fourth-order valence-electron chi connectivity index (χ4n) is 2.89. The number of hydrogen-bond donors (Lipinski definition) is 2. The molecule has 1 saturated carbocycles. The molecular formula is C15H30N2O. The third kappa shape index (κ3) is 5.38. The summed E-state index contributed by atoms with van der Waals surface area (Å²) in [6.45, 7) is 8.51. The lowest BCUT2D eigenvalue weighted by molar-refractivity contribution is -0.123. The van der Waals surface area contributed by atoms with Gasteiger partial charge in [-0.2, -0.15) is 0 Å². The van der Waals surface area contributed by atoms with E-state index < -0.39 is 0 Å². The summed E-state index contributed by atoms with van der Waals surface area (Å²) in [5.74, 6) is 0.944. The van der Waals surface area contributed by atoms with Crippen molar-refractivity contribution in [2.75, 3.05) is 0 Å². The Hall–Kier alpha value is -0.570. The number of carbonyl (C=O) groups is 1. The summed E-state index contributed by atoms with van der Waals surface area (Å²) in [5.41, 5.74) is 0. The second-order valence-corrected chi connectivity index (χ2v) is 6.06. The van der Waals surface area contributed by atoms with Crippen LogP contribution < -0.4 is 10.6 Å². The Balaban J connectivity index is 2.30. The smallest absolute Gasteiger partial charge is 0.237 e. The number of hydrogen-bond acceptors (Lipinski definition) is 2. The Morgan fingerprint density at radius 3 is 2.67 bits per heavy atom. The van der Waals surface area contributed by atoms with Crippen molar-refractivity contribution in [3.05, 3.63) is 0 Å². The molecule has 0 aromatic heterocycles. The SMILES string of the molecule is CCCC(C)NC(=O)C(C)NC1CCCC(C)C1. The van der Waals surface area contributed by atoms with Crippen LogP contribution in [0.3, 0.4) is 0 Å². The van der Waals surface area contributed by atoms with Gasteiger partial charge in [0.25, 0.3) is 0 Å². The minimum Gasteiger partial charge on any atom is -0.352 e. The van der Waals surface area contributed by atoms with Gasteiger partial charge >= 0.3 is 0 Å². The monoisotopic (exact) mass is 254 g/mol. The van der Waals surface area contributed by atoms with E-state index in [1.807, 2.05) is 6.92 Å². The van der Waals surface area contributed by atoms with Crippen LogP contribution in [-0.4, -0.2) is 24.0 Å². The van der Waals surface area contributed by atoms with E-state index in [0.717, 1.165) is 18.8 Å². The summed E-state index contributed by atoms with van der Waals surface area (Å²) < 4.78 is 0. The van der Waals surface area contributed by atoms with Crippen molar-refractivity contribution in [1.82, 2.24) is 10.6 Å². The van der Waals surface area contributed by atoms with Gasteiger partial charge in [-0.15, -0.1) is 0 Å². The first-order valence-electron chi connectivity index (χ1n) is 7.59. The number of amides is 1. The van der Waals surface area contributed by atoms with Crippen molar-refractivity contribution >= 4 is 5.91 Å². The van der Waals surface area contributed by atoms with Crippen LogP contribution in [0.5, 0.6) is 0 Å². The average Bonchev–Trinajstić information content (AvgIpc) is 2.29. The molecule has 106 valence electrons. The van der Waals surface area contributed by atoms with Gasteiger partial charge in [-0.25, -0.2) is 0 Å². The molecule has 0 aliphatic heterocycles. The summed E-state index contributed by atoms with van der Waals surface area (Å²) in [6, 6.07) is 0.743. The van der Waals surface area contributed by atoms with Crippen molar-refractivity contribution < 1.29 is 4.79 Å². The van der Waals surface area contributed by atoms with Crippen molar-refractivity contribution in [2.24, 2.45) is 5.92 Å². The van der Waals surface area contributed by atoms with Crippen LogP contribution in [0.4, 0.5) is 0 Å². The lowest BCUT2D eigenvalue weighted by atomic mass is 9.87. The highest BCUT2D eigenvalue weighted by Gasteiger charge is 2.23. The molecule has 0 heterocycles. The highest BCUT2D eigenvalue weighted by atomic mass is 16.2. The first-order valence-corrected chi connectivity index (χ1v) is 7.59. The molecule has 0 bridgehead atoms. The quantitative estimate of drug-likeness (QED) is 0.765. The molecule has 3 nitrogen and oxygen atoms in total. The maximum atomic E-state index is 12.0. The van der Waals surface area contributed by atoms with Crippen molar-refractivity contribution in [1.29, 1.82) is 0 Å². The molecule has 0 aromatic rings. The zero-order chi connectivity index (χ0) is 13.5. The zero-order valence-electron chi connectivity index (χ0n) is 12.5. The minimum absolute atomic E-state index is 0.0698. The molecule has 0 saturated heterocycles. The number of carbonyl (C=O) groups excluding carboxylic acids is 1. The Kier molecular flexibility index (Phi) is 6.69. The fourth-order valence-corrected chi connectivity index (χ4v) is 2.89. The normalized spacial score (nSPS) is 27.6. The van der Waals surface area contributed by atoms with Crippen molar-refractivity contribution in [3.63, 3.8) is 0 Å². The fraction of sp³-hybridized carbons (Fsp3) is 0.933. The van der Waals surface area contributed by atoms with E-state index in [0.29, 0.717) is 6.04 Å². The summed E-state index contributed by atoms with van der Waals surface area (Å²) in [7, 11) is 0. The topological polar surface area (TPSA) is 41.1 Å². The van der Waals surface area contributed by atoms with Crippen LogP contribution in [-0.2, 0) is 4.79 Å². The molecular weight excluding hydrogens is 224 g/mol.